The number of nitrogens with zero attached hydrogens (tertiary/aromatic N) is 1. The summed E-state index contributed by atoms with van der Waals surface area (Å²) in [6.07, 6.45) is -0.0262. The van der Waals surface area contributed by atoms with Crippen LogP contribution in [0.15, 0.2) is 48.2 Å². The number of rotatable bonds is 9. The lowest BCUT2D eigenvalue weighted by Crippen LogP contribution is -2.35. The first-order valence-corrected chi connectivity index (χ1v) is 9.82. The minimum atomic E-state index is -0.480. The van der Waals surface area contributed by atoms with E-state index in [2.05, 4.69) is 5.32 Å². The lowest BCUT2D eigenvalue weighted by molar-refractivity contribution is -0.137. The molecule has 2 amide bonds. The van der Waals surface area contributed by atoms with Gasteiger partial charge in [0.1, 0.15) is 11.5 Å². The van der Waals surface area contributed by atoms with Crippen LogP contribution in [-0.4, -0.2) is 50.2 Å². The van der Waals surface area contributed by atoms with Crippen LogP contribution in [0.1, 0.15) is 19.4 Å². The Bertz CT molecular complexity index is 1000. The van der Waals surface area contributed by atoms with Crippen LogP contribution in [0.4, 0.5) is 10.1 Å². The van der Waals surface area contributed by atoms with E-state index in [0.29, 0.717) is 22.7 Å². The van der Waals surface area contributed by atoms with E-state index in [0.717, 1.165) is 4.90 Å². The molecule has 2 aromatic rings. The maximum absolute atomic E-state index is 13.4. The van der Waals surface area contributed by atoms with Gasteiger partial charge >= 0.3 is 0 Å². The molecule has 164 valence electrons. The molecule has 1 aliphatic heterocycles. The van der Waals surface area contributed by atoms with Gasteiger partial charge in [0.25, 0.3) is 11.8 Å². The molecule has 8 heteroatoms. The number of hydrogen-bond donors (Lipinski definition) is 1. The Morgan fingerprint density at radius 1 is 0.968 bits per heavy atom. The third-order valence-electron chi connectivity index (χ3n) is 4.72. The zero-order chi connectivity index (χ0) is 22.5. The second kappa shape index (κ2) is 9.61. The monoisotopic (exact) mass is 428 g/mol. The average molecular weight is 428 g/mol. The highest BCUT2D eigenvalue weighted by Gasteiger charge is 2.39. The van der Waals surface area contributed by atoms with Gasteiger partial charge in [0.05, 0.1) is 39.0 Å². The molecule has 1 N–H and O–H groups in total. The van der Waals surface area contributed by atoms with E-state index in [1.807, 2.05) is 13.8 Å². The number of carbonyl (C=O) groups excluding carboxylic acids is 2. The summed E-state index contributed by atoms with van der Waals surface area (Å²) in [5, 5.41) is 3.04. The number of imide groups is 1. The van der Waals surface area contributed by atoms with Crippen LogP contribution in [0.2, 0.25) is 0 Å². The number of hydrogen-bond acceptors (Lipinski definition) is 6. The predicted octanol–water partition coefficient (Wildman–Crippen LogP) is 3.46. The minimum absolute atomic E-state index is 0.0262. The maximum atomic E-state index is 13.4. The van der Waals surface area contributed by atoms with Gasteiger partial charge in [-0.05, 0) is 43.7 Å². The molecule has 0 saturated heterocycles. The van der Waals surface area contributed by atoms with Gasteiger partial charge in [0.15, 0.2) is 11.5 Å². The van der Waals surface area contributed by atoms with Crippen molar-refractivity contribution in [1.82, 2.24) is 4.90 Å². The van der Waals surface area contributed by atoms with Gasteiger partial charge in [-0.2, -0.15) is 0 Å². The zero-order valence-corrected chi connectivity index (χ0v) is 17.9. The predicted molar refractivity (Wildman–Crippen MR) is 114 cm³/mol. The molecule has 0 aromatic heterocycles. The highest BCUT2D eigenvalue weighted by atomic mass is 19.1. The molecule has 0 aliphatic carbocycles. The molecule has 0 radical (unpaired) electrons. The number of nitrogens with one attached hydrogen (secondary N) is 1. The highest BCUT2D eigenvalue weighted by Crippen LogP contribution is 2.34. The standard InChI is InChI=1S/C23H25FN2O5/c1-14(2)31-12-11-26-22(27)20(15-5-7-16(24)8-6-15)21(23(26)28)25-17-9-10-18(29-3)19(13-17)30-4/h5-10,13-14,25H,11-12H2,1-4H3. The summed E-state index contributed by atoms with van der Waals surface area (Å²) in [6.45, 7) is 4.08. The Morgan fingerprint density at radius 3 is 2.26 bits per heavy atom. The number of ether oxygens (including phenoxy) is 3. The molecule has 0 atom stereocenters. The molecule has 3 rings (SSSR count). The van der Waals surface area contributed by atoms with Crippen LogP contribution in [-0.2, 0) is 14.3 Å². The number of anilines is 1. The molecule has 0 saturated carbocycles. The van der Waals surface area contributed by atoms with Crippen molar-refractivity contribution in [3.63, 3.8) is 0 Å². The SMILES string of the molecule is COc1ccc(NC2=C(c3ccc(F)cc3)C(=O)N(CCOC(C)C)C2=O)cc1OC. The number of methoxy groups -OCH3 is 2. The van der Waals surface area contributed by atoms with Crippen molar-refractivity contribution in [3.8, 4) is 11.5 Å². The lowest BCUT2D eigenvalue weighted by Gasteiger charge is -2.16. The van der Waals surface area contributed by atoms with E-state index in [4.69, 9.17) is 14.2 Å². The summed E-state index contributed by atoms with van der Waals surface area (Å²) in [4.78, 5) is 27.4. The van der Waals surface area contributed by atoms with Gasteiger partial charge < -0.3 is 19.5 Å². The Hall–Kier alpha value is -3.39. The van der Waals surface area contributed by atoms with E-state index in [1.165, 1.54) is 38.5 Å². The molecule has 31 heavy (non-hydrogen) atoms. The van der Waals surface area contributed by atoms with Crippen LogP contribution in [0.25, 0.3) is 5.57 Å². The molecule has 7 nitrogen and oxygen atoms in total. The number of halogens is 1. The van der Waals surface area contributed by atoms with E-state index in [1.54, 1.807) is 18.2 Å². The van der Waals surface area contributed by atoms with Crippen molar-refractivity contribution in [1.29, 1.82) is 0 Å². The molecular formula is C23H25FN2O5. The fourth-order valence-electron chi connectivity index (χ4n) is 3.22. The average Bonchev–Trinajstić information content (AvgIpc) is 2.98. The summed E-state index contributed by atoms with van der Waals surface area (Å²) in [5.74, 6) is -0.381. The number of carbonyl (C=O) groups is 2. The van der Waals surface area contributed by atoms with Crippen molar-refractivity contribution in [2.45, 2.75) is 20.0 Å². The molecular weight excluding hydrogens is 403 g/mol. The quantitative estimate of drug-likeness (QED) is 0.617. The van der Waals surface area contributed by atoms with Crippen LogP contribution in [0.3, 0.4) is 0 Å². The molecule has 0 bridgehead atoms. The Balaban J connectivity index is 1.97. The first-order valence-electron chi connectivity index (χ1n) is 9.82. The Morgan fingerprint density at radius 2 is 1.65 bits per heavy atom. The van der Waals surface area contributed by atoms with Crippen LogP contribution in [0, 0.1) is 5.82 Å². The first-order chi connectivity index (χ1) is 14.8. The fraction of sp³-hybridized carbons (Fsp3) is 0.304. The summed E-state index contributed by atoms with van der Waals surface area (Å²) in [5.41, 5.74) is 1.25. The Labute approximate surface area is 180 Å². The Kier molecular flexibility index (Phi) is 6.91. The lowest BCUT2D eigenvalue weighted by atomic mass is 10.0. The van der Waals surface area contributed by atoms with Gasteiger partial charge in [-0.1, -0.05) is 12.1 Å². The second-order valence-corrected chi connectivity index (χ2v) is 7.13. The minimum Gasteiger partial charge on any atom is -0.493 e. The van der Waals surface area contributed by atoms with E-state index in [9.17, 15) is 14.0 Å². The normalized spacial score (nSPS) is 13.9. The topological polar surface area (TPSA) is 77.1 Å². The van der Waals surface area contributed by atoms with Crippen molar-refractivity contribution in [2.75, 3.05) is 32.7 Å². The fourth-order valence-corrected chi connectivity index (χ4v) is 3.22. The zero-order valence-electron chi connectivity index (χ0n) is 17.9. The second-order valence-electron chi connectivity index (χ2n) is 7.13. The van der Waals surface area contributed by atoms with Crippen molar-refractivity contribution >= 4 is 23.1 Å². The van der Waals surface area contributed by atoms with Gasteiger partial charge in [-0.25, -0.2) is 4.39 Å². The van der Waals surface area contributed by atoms with Gasteiger partial charge in [0.2, 0.25) is 0 Å². The van der Waals surface area contributed by atoms with Gasteiger partial charge in [-0.3, -0.25) is 14.5 Å². The van der Waals surface area contributed by atoms with Crippen LogP contribution < -0.4 is 14.8 Å². The highest BCUT2D eigenvalue weighted by molar-refractivity contribution is 6.36. The van der Waals surface area contributed by atoms with Crippen molar-refractivity contribution in [2.24, 2.45) is 0 Å². The number of amides is 2. The van der Waals surface area contributed by atoms with E-state index in [-0.39, 0.29) is 30.5 Å². The van der Waals surface area contributed by atoms with Crippen LogP contribution >= 0.6 is 0 Å². The van der Waals surface area contributed by atoms with Crippen molar-refractivity contribution < 1.29 is 28.2 Å². The number of benzene rings is 2. The summed E-state index contributed by atoms with van der Waals surface area (Å²) in [6, 6.07) is 10.5. The summed E-state index contributed by atoms with van der Waals surface area (Å²) in [7, 11) is 3.03. The first kappa shape index (κ1) is 22.3. The molecule has 1 heterocycles. The van der Waals surface area contributed by atoms with Gasteiger partial charge in [0, 0.05) is 11.8 Å². The molecule has 1 aliphatic rings. The van der Waals surface area contributed by atoms with Gasteiger partial charge in [-0.15, -0.1) is 0 Å². The van der Waals surface area contributed by atoms with Crippen LogP contribution in [0.5, 0.6) is 11.5 Å². The molecule has 2 aromatic carbocycles. The largest absolute Gasteiger partial charge is 0.493 e. The molecule has 0 unspecified atom stereocenters. The maximum Gasteiger partial charge on any atom is 0.278 e. The third kappa shape index (κ3) is 4.86. The van der Waals surface area contributed by atoms with E-state index >= 15 is 0 Å². The summed E-state index contributed by atoms with van der Waals surface area (Å²) >= 11 is 0. The van der Waals surface area contributed by atoms with Crippen molar-refractivity contribution in [3.05, 3.63) is 59.5 Å². The third-order valence-corrected chi connectivity index (χ3v) is 4.72. The molecule has 0 fully saturated rings. The molecule has 0 spiro atoms. The van der Waals surface area contributed by atoms with E-state index < -0.39 is 17.6 Å². The smallest absolute Gasteiger partial charge is 0.278 e. The summed E-state index contributed by atoms with van der Waals surface area (Å²) < 4.78 is 29.5.